The summed E-state index contributed by atoms with van der Waals surface area (Å²) >= 11 is 0. The minimum absolute atomic E-state index is 0.268. The predicted octanol–water partition coefficient (Wildman–Crippen LogP) is 2.98. The monoisotopic (exact) mass is 247 g/mol. The van der Waals surface area contributed by atoms with E-state index < -0.39 is 0 Å². The number of aryl methyl sites for hydroxylation is 1. The Kier molecular flexibility index (Phi) is 3.04. The normalized spacial score (nSPS) is 23.6. The van der Waals surface area contributed by atoms with E-state index in [0.717, 1.165) is 44.6 Å². The van der Waals surface area contributed by atoms with E-state index in [1.807, 2.05) is 0 Å². The number of anilines is 1. The molecular formula is C15H21NO2. The average Bonchev–Trinajstić information content (AvgIpc) is 2.80. The highest BCUT2D eigenvalue weighted by Gasteiger charge is 2.40. The average molecular weight is 247 g/mol. The SMILES string of the molecule is Cc1ccc(C2CCC3(CC2)OCCO3)c(N)c1. The van der Waals surface area contributed by atoms with Crippen molar-refractivity contribution in [1.82, 2.24) is 0 Å². The molecule has 98 valence electrons. The summed E-state index contributed by atoms with van der Waals surface area (Å²) in [6.07, 6.45) is 4.19. The number of hydrogen-bond acceptors (Lipinski definition) is 3. The van der Waals surface area contributed by atoms with Gasteiger partial charge in [-0.1, -0.05) is 12.1 Å². The number of hydrogen-bond donors (Lipinski definition) is 1. The van der Waals surface area contributed by atoms with Crippen LogP contribution < -0.4 is 5.73 Å². The lowest BCUT2D eigenvalue weighted by atomic mass is 9.80. The largest absolute Gasteiger partial charge is 0.398 e. The highest BCUT2D eigenvalue weighted by atomic mass is 16.7. The van der Waals surface area contributed by atoms with Crippen LogP contribution >= 0.6 is 0 Å². The van der Waals surface area contributed by atoms with Gasteiger partial charge >= 0.3 is 0 Å². The quantitative estimate of drug-likeness (QED) is 0.776. The van der Waals surface area contributed by atoms with Crippen molar-refractivity contribution in [2.75, 3.05) is 18.9 Å². The molecule has 1 spiro atoms. The van der Waals surface area contributed by atoms with Gasteiger partial charge in [0.25, 0.3) is 0 Å². The summed E-state index contributed by atoms with van der Waals surface area (Å²) in [7, 11) is 0. The summed E-state index contributed by atoms with van der Waals surface area (Å²) in [5.41, 5.74) is 9.60. The molecule has 2 N–H and O–H groups in total. The van der Waals surface area contributed by atoms with Gasteiger partial charge in [0.05, 0.1) is 13.2 Å². The van der Waals surface area contributed by atoms with Crippen molar-refractivity contribution in [3.8, 4) is 0 Å². The molecule has 0 radical (unpaired) electrons. The Balaban J connectivity index is 1.72. The molecule has 3 rings (SSSR count). The van der Waals surface area contributed by atoms with E-state index >= 15 is 0 Å². The van der Waals surface area contributed by atoms with Crippen LogP contribution in [0.3, 0.4) is 0 Å². The maximum absolute atomic E-state index is 6.13. The maximum atomic E-state index is 6.13. The molecule has 2 fully saturated rings. The second-order valence-electron chi connectivity index (χ2n) is 5.51. The van der Waals surface area contributed by atoms with Crippen LogP contribution in [0.25, 0.3) is 0 Å². The van der Waals surface area contributed by atoms with Crippen LogP contribution in [0.2, 0.25) is 0 Å². The van der Waals surface area contributed by atoms with Crippen LogP contribution in [0.5, 0.6) is 0 Å². The molecular weight excluding hydrogens is 226 g/mol. The number of nitrogen functional groups attached to an aromatic ring is 1. The fraction of sp³-hybridized carbons (Fsp3) is 0.600. The minimum Gasteiger partial charge on any atom is -0.398 e. The van der Waals surface area contributed by atoms with E-state index in [4.69, 9.17) is 15.2 Å². The molecule has 1 aromatic carbocycles. The molecule has 1 saturated carbocycles. The van der Waals surface area contributed by atoms with Crippen molar-refractivity contribution < 1.29 is 9.47 Å². The van der Waals surface area contributed by atoms with Gasteiger partial charge in [0.1, 0.15) is 0 Å². The summed E-state index contributed by atoms with van der Waals surface area (Å²) in [5, 5.41) is 0. The predicted molar refractivity (Wildman–Crippen MR) is 71.4 cm³/mol. The number of benzene rings is 1. The Morgan fingerprint density at radius 2 is 1.83 bits per heavy atom. The van der Waals surface area contributed by atoms with E-state index in [0.29, 0.717) is 5.92 Å². The van der Waals surface area contributed by atoms with Gasteiger partial charge in [0.15, 0.2) is 5.79 Å². The molecule has 18 heavy (non-hydrogen) atoms. The molecule has 0 unspecified atom stereocenters. The van der Waals surface area contributed by atoms with E-state index in [9.17, 15) is 0 Å². The lowest BCUT2D eigenvalue weighted by molar-refractivity contribution is -0.178. The van der Waals surface area contributed by atoms with Crippen molar-refractivity contribution in [3.63, 3.8) is 0 Å². The van der Waals surface area contributed by atoms with E-state index in [1.165, 1.54) is 11.1 Å². The second kappa shape index (κ2) is 4.56. The first kappa shape index (κ1) is 12.0. The molecule has 1 aromatic rings. The van der Waals surface area contributed by atoms with Gasteiger partial charge in [0, 0.05) is 18.5 Å². The third-order valence-electron chi connectivity index (χ3n) is 4.24. The standard InChI is InChI=1S/C15H21NO2/c1-11-2-3-13(14(16)10-11)12-4-6-15(7-5-12)17-8-9-18-15/h2-3,10,12H,4-9,16H2,1H3. The molecule has 0 bridgehead atoms. The first-order valence-corrected chi connectivity index (χ1v) is 6.82. The topological polar surface area (TPSA) is 44.5 Å². The van der Waals surface area contributed by atoms with Gasteiger partial charge in [-0.2, -0.15) is 0 Å². The molecule has 0 aromatic heterocycles. The highest BCUT2D eigenvalue weighted by molar-refractivity contribution is 5.50. The summed E-state index contributed by atoms with van der Waals surface area (Å²) in [4.78, 5) is 0. The van der Waals surface area contributed by atoms with E-state index in [2.05, 4.69) is 25.1 Å². The highest BCUT2D eigenvalue weighted by Crippen LogP contribution is 2.43. The summed E-state index contributed by atoms with van der Waals surface area (Å²) in [6.45, 7) is 3.57. The van der Waals surface area contributed by atoms with Crippen LogP contribution in [-0.4, -0.2) is 19.0 Å². The molecule has 3 nitrogen and oxygen atoms in total. The summed E-state index contributed by atoms with van der Waals surface area (Å²) in [6, 6.07) is 6.41. The lowest BCUT2D eigenvalue weighted by Crippen LogP contribution is -2.34. The lowest BCUT2D eigenvalue weighted by Gasteiger charge is -2.35. The van der Waals surface area contributed by atoms with Gasteiger partial charge in [-0.25, -0.2) is 0 Å². The Labute approximate surface area is 108 Å². The van der Waals surface area contributed by atoms with Gasteiger partial charge in [-0.05, 0) is 42.9 Å². The third-order valence-corrected chi connectivity index (χ3v) is 4.24. The van der Waals surface area contributed by atoms with Crippen LogP contribution in [0.15, 0.2) is 18.2 Å². The van der Waals surface area contributed by atoms with Crippen LogP contribution in [0.4, 0.5) is 5.69 Å². The second-order valence-corrected chi connectivity index (χ2v) is 5.51. The summed E-state index contributed by atoms with van der Waals surface area (Å²) < 4.78 is 11.5. The number of rotatable bonds is 1. The van der Waals surface area contributed by atoms with Crippen LogP contribution in [0.1, 0.15) is 42.7 Å². The maximum Gasteiger partial charge on any atom is 0.168 e. The fourth-order valence-electron chi connectivity index (χ4n) is 3.22. The number of nitrogens with two attached hydrogens (primary N) is 1. The Bertz CT molecular complexity index is 428. The Morgan fingerprint density at radius 3 is 2.44 bits per heavy atom. The van der Waals surface area contributed by atoms with Crippen molar-refractivity contribution in [2.24, 2.45) is 0 Å². The molecule has 2 aliphatic rings. The Hall–Kier alpha value is -1.06. The summed E-state index contributed by atoms with van der Waals surface area (Å²) in [5.74, 6) is 0.291. The minimum atomic E-state index is -0.268. The van der Waals surface area contributed by atoms with Gasteiger partial charge in [0.2, 0.25) is 0 Å². The molecule has 0 amide bonds. The number of ether oxygens (including phenoxy) is 2. The molecule has 1 heterocycles. The third kappa shape index (κ3) is 2.13. The zero-order valence-corrected chi connectivity index (χ0v) is 10.9. The molecule has 1 aliphatic heterocycles. The zero-order chi connectivity index (χ0) is 12.6. The van der Waals surface area contributed by atoms with E-state index in [-0.39, 0.29) is 5.79 Å². The molecule has 0 atom stereocenters. The first-order valence-electron chi connectivity index (χ1n) is 6.82. The van der Waals surface area contributed by atoms with Crippen molar-refractivity contribution in [1.29, 1.82) is 0 Å². The molecule has 3 heteroatoms. The zero-order valence-electron chi connectivity index (χ0n) is 10.9. The van der Waals surface area contributed by atoms with Gasteiger partial charge < -0.3 is 15.2 Å². The van der Waals surface area contributed by atoms with Gasteiger partial charge in [-0.15, -0.1) is 0 Å². The van der Waals surface area contributed by atoms with Crippen LogP contribution in [0, 0.1) is 6.92 Å². The van der Waals surface area contributed by atoms with Crippen molar-refractivity contribution in [2.45, 2.75) is 44.3 Å². The van der Waals surface area contributed by atoms with Crippen molar-refractivity contribution in [3.05, 3.63) is 29.3 Å². The van der Waals surface area contributed by atoms with E-state index in [1.54, 1.807) is 0 Å². The Morgan fingerprint density at radius 1 is 1.17 bits per heavy atom. The fourth-order valence-corrected chi connectivity index (χ4v) is 3.22. The van der Waals surface area contributed by atoms with Gasteiger partial charge in [-0.3, -0.25) is 0 Å². The molecule has 1 saturated heterocycles. The first-order chi connectivity index (χ1) is 8.69. The molecule has 1 aliphatic carbocycles. The van der Waals surface area contributed by atoms with Crippen molar-refractivity contribution >= 4 is 5.69 Å². The van der Waals surface area contributed by atoms with Crippen LogP contribution in [-0.2, 0) is 9.47 Å². The smallest absolute Gasteiger partial charge is 0.168 e.